The van der Waals surface area contributed by atoms with Crippen molar-refractivity contribution in [3.63, 3.8) is 0 Å². The fourth-order valence-corrected chi connectivity index (χ4v) is 5.70. The number of carbonyl (C=O) groups excluding carboxylic acids is 2. The van der Waals surface area contributed by atoms with Crippen molar-refractivity contribution in [2.75, 3.05) is 0 Å². The maximum Gasteiger partial charge on any atom is 0.290 e. The number of pyridine rings is 1. The van der Waals surface area contributed by atoms with Crippen LogP contribution in [0.2, 0.25) is 0 Å². The average Bonchev–Trinajstić information content (AvgIpc) is 3.54. The quantitative estimate of drug-likeness (QED) is 0.557. The Morgan fingerprint density at radius 1 is 1.09 bits per heavy atom. The van der Waals surface area contributed by atoms with E-state index in [1.807, 2.05) is 36.4 Å². The van der Waals surface area contributed by atoms with Crippen LogP contribution in [0.1, 0.15) is 52.8 Å². The second-order valence-electron chi connectivity index (χ2n) is 8.20. The lowest BCUT2D eigenvalue weighted by Crippen LogP contribution is -2.39. The molecule has 0 bridgehead atoms. The van der Waals surface area contributed by atoms with E-state index in [1.165, 1.54) is 11.3 Å². The van der Waals surface area contributed by atoms with Gasteiger partial charge >= 0.3 is 0 Å². The highest BCUT2D eigenvalue weighted by atomic mass is 32.1. The molecule has 1 unspecified atom stereocenters. The first-order valence-electron chi connectivity index (χ1n) is 10.8. The minimum Gasteiger partial charge on any atom is -0.503 e. The molecule has 6 nitrogen and oxygen atoms in total. The molecule has 3 heterocycles. The molecule has 1 fully saturated rings. The molecule has 1 aliphatic heterocycles. The summed E-state index contributed by atoms with van der Waals surface area (Å²) in [7, 11) is 0. The maximum absolute atomic E-state index is 13.8. The van der Waals surface area contributed by atoms with Crippen molar-refractivity contribution in [2.24, 2.45) is 0 Å². The molecule has 3 aromatic rings. The summed E-state index contributed by atoms with van der Waals surface area (Å²) in [5, 5.41) is 11.6. The number of Topliss-reactive ketones (excluding diaryl/α,β-unsaturated/α-hetero) is 1. The highest BCUT2D eigenvalue weighted by Gasteiger charge is 2.48. The number of ketones is 1. The van der Waals surface area contributed by atoms with Crippen LogP contribution in [0.25, 0.3) is 10.6 Å². The Labute approximate surface area is 190 Å². The first-order valence-corrected chi connectivity index (χ1v) is 11.6. The molecule has 1 amide bonds. The van der Waals surface area contributed by atoms with Crippen LogP contribution in [0.5, 0.6) is 0 Å². The smallest absolute Gasteiger partial charge is 0.290 e. The monoisotopic (exact) mass is 445 g/mol. The summed E-state index contributed by atoms with van der Waals surface area (Å²) in [5.41, 5.74) is 2.21. The third-order valence-electron chi connectivity index (χ3n) is 6.20. The molecular formula is C25H23N3O3S. The SMILES string of the molecule is Cc1nc(-c2ccccc2)sc1C(=O)C1=C(O)C(=O)N(C2CCCC2)C1c1ccccn1. The highest BCUT2D eigenvalue weighted by Crippen LogP contribution is 2.43. The van der Waals surface area contributed by atoms with E-state index < -0.39 is 17.7 Å². The molecule has 1 aliphatic carbocycles. The summed E-state index contributed by atoms with van der Waals surface area (Å²) in [6.07, 6.45) is 5.43. The summed E-state index contributed by atoms with van der Waals surface area (Å²) in [5.74, 6) is -1.31. The van der Waals surface area contributed by atoms with E-state index >= 15 is 0 Å². The first kappa shape index (κ1) is 20.6. The van der Waals surface area contributed by atoms with Gasteiger partial charge in [-0.3, -0.25) is 14.6 Å². The summed E-state index contributed by atoms with van der Waals surface area (Å²) in [6, 6.07) is 14.4. The van der Waals surface area contributed by atoms with Gasteiger partial charge in [0.05, 0.1) is 21.8 Å². The lowest BCUT2D eigenvalue weighted by molar-refractivity contribution is -0.131. The fraction of sp³-hybridized carbons (Fsp3) is 0.280. The van der Waals surface area contributed by atoms with Gasteiger partial charge in [0.15, 0.2) is 5.76 Å². The number of benzene rings is 1. The second kappa shape index (κ2) is 8.31. The van der Waals surface area contributed by atoms with E-state index in [0.29, 0.717) is 16.3 Å². The predicted octanol–water partition coefficient (Wildman–Crippen LogP) is 5.03. The second-order valence-corrected chi connectivity index (χ2v) is 9.20. The van der Waals surface area contributed by atoms with Crippen molar-refractivity contribution in [3.05, 3.63) is 82.3 Å². The topological polar surface area (TPSA) is 83.4 Å². The average molecular weight is 446 g/mol. The van der Waals surface area contributed by atoms with Gasteiger partial charge in [-0.2, -0.15) is 0 Å². The first-order chi connectivity index (χ1) is 15.6. The van der Waals surface area contributed by atoms with Gasteiger partial charge in [-0.05, 0) is 31.9 Å². The molecule has 32 heavy (non-hydrogen) atoms. The van der Waals surface area contributed by atoms with E-state index in [0.717, 1.165) is 36.3 Å². The number of amides is 1. The van der Waals surface area contributed by atoms with E-state index in [4.69, 9.17) is 0 Å². The van der Waals surface area contributed by atoms with Gasteiger partial charge in [-0.25, -0.2) is 4.98 Å². The lowest BCUT2D eigenvalue weighted by Gasteiger charge is -2.31. The largest absolute Gasteiger partial charge is 0.503 e. The molecule has 7 heteroatoms. The Morgan fingerprint density at radius 2 is 1.81 bits per heavy atom. The highest BCUT2D eigenvalue weighted by molar-refractivity contribution is 7.17. The van der Waals surface area contributed by atoms with E-state index in [2.05, 4.69) is 9.97 Å². The van der Waals surface area contributed by atoms with E-state index in [-0.39, 0.29) is 17.4 Å². The Morgan fingerprint density at radius 3 is 2.50 bits per heavy atom. The van der Waals surface area contributed by atoms with Crippen molar-refractivity contribution in [3.8, 4) is 10.6 Å². The number of aryl methyl sites for hydroxylation is 1. The van der Waals surface area contributed by atoms with Crippen LogP contribution in [0, 0.1) is 6.92 Å². The number of rotatable bonds is 5. The molecule has 2 aliphatic rings. The maximum atomic E-state index is 13.8. The van der Waals surface area contributed by atoms with E-state index in [1.54, 1.807) is 30.2 Å². The molecule has 1 atom stereocenters. The zero-order valence-corrected chi connectivity index (χ0v) is 18.5. The van der Waals surface area contributed by atoms with Gasteiger partial charge in [-0.15, -0.1) is 11.3 Å². The van der Waals surface area contributed by atoms with Crippen molar-refractivity contribution >= 4 is 23.0 Å². The molecule has 1 N–H and O–H groups in total. The number of carbonyl (C=O) groups is 2. The molecule has 0 saturated heterocycles. The Bertz CT molecular complexity index is 1200. The Hall–Kier alpha value is -3.32. The minimum absolute atomic E-state index is 0.00982. The number of aliphatic hydroxyl groups is 1. The third kappa shape index (κ3) is 3.42. The number of aliphatic hydroxyl groups excluding tert-OH is 1. The lowest BCUT2D eigenvalue weighted by atomic mass is 9.97. The van der Waals surface area contributed by atoms with Crippen molar-refractivity contribution in [1.29, 1.82) is 0 Å². The zero-order valence-electron chi connectivity index (χ0n) is 17.7. The van der Waals surface area contributed by atoms with Crippen LogP contribution in [0.15, 0.2) is 66.1 Å². The van der Waals surface area contributed by atoms with Crippen molar-refractivity contribution < 1.29 is 14.7 Å². The van der Waals surface area contributed by atoms with Gasteiger partial charge in [0.2, 0.25) is 5.78 Å². The van der Waals surface area contributed by atoms with Gasteiger partial charge < -0.3 is 10.0 Å². The van der Waals surface area contributed by atoms with Crippen molar-refractivity contribution in [1.82, 2.24) is 14.9 Å². The molecule has 1 aromatic carbocycles. The summed E-state index contributed by atoms with van der Waals surface area (Å²) in [6.45, 7) is 1.79. The van der Waals surface area contributed by atoms with E-state index in [9.17, 15) is 14.7 Å². The molecule has 162 valence electrons. The van der Waals surface area contributed by atoms with Crippen LogP contribution in [0.4, 0.5) is 0 Å². The van der Waals surface area contributed by atoms with Crippen LogP contribution in [-0.4, -0.2) is 37.7 Å². The summed E-state index contributed by atoms with van der Waals surface area (Å²) in [4.78, 5) is 38.1. The van der Waals surface area contributed by atoms with Crippen LogP contribution in [0.3, 0.4) is 0 Å². The van der Waals surface area contributed by atoms with Gasteiger partial charge in [0, 0.05) is 17.8 Å². The van der Waals surface area contributed by atoms with Crippen molar-refractivity contribution in [2.45, 2.75) is 44.7 Å². The third-order valence-corrected chi connectivity index (χ3v) is 7.40. The molecular weight excluding hydrogens is 422 g/mol. The molecule has 5 rings (SSSR count). The van der Waals surface area contributed by atoms with Crippen LogP contribution >= 0.6 is 11.3 Å². The number of hydrogen-bond acceptors (Lipinski definition) is 6. The molecule has 0 spiro atoms. The number of thiazole rings is 1. The number of nitrogens with zero attached hydrogens (tertiary/aromatic N) is 3. The summed E-state index contributed by atoms with van der Waals surface area (Å²) < 4.78 is 0. The summed E-state index contributed by atoms with van der Waals surface area (Å²) >= 11 is 1.29. The Balaban J connectivity index is 1.58. The van der Waals surface area contributed by atoms with Gasteiger partial charge in [0.25, 0.3) is 5.91 Å². The van der Waals surface area contributed by atoms with Gasteiger partial charge in [-0.1, -0.05) is 49.2 Å². The van der Waals surface area contributed by atoms with Crippen LogP contribution < -0.4 is 0 Å². The fourth-order valence-electron chi connectivity index (χ4n) is 4.68. The van der Waals surface area contributed by atoms with Crippen LogP contribution in [-0.2, 0) is 4.79 Å². The number of aromatic nitrogens is 2. The Kier molecular flexibility index (Phi) is 5.35. The minimum atomic E-state index is -0.694. The number of hydrogen-bond donors (Lipinski definition) is 1. The standard InChI is InChI=1S/C25H23N3O3S/c1-15-23(32-24(27-15)16-9-3-2-4-10-16)21(29)19-20(18-13-7-8-14-26-18)28(25(31)22(19)30)17-11-5-6-12-17/h2-4,7-10,13-14,17,20,30H,5-6,11-12H2,1H3. The molecule has 1 saturated carbocycles. The van der Waals surface area contributed by atoms with Gasteiger partial charge in [0.1, 0.15) is 11.0 Å². The zero-order chi connectivity index (χ0) is 22.2. The normalized spacial score (nSPS) is 19.2. The molecule has 2 aromatic heterocycles. The predicted molar refractivity (Wildman–Crippen MR) is 122 cm³/mol. The molecule has 0 radical (unpaired) electrons.